The molecule has 1 atom stereocenters. The number of aliphatic imine (C=N–C) groups is 1. The highest BCUT2D eigenvalue weighted by atomic mass is 16.2. The maximum atomic E-state index is 12.7. The van der Waals surface area contributed by atoms with Gasteiger partial charge < -0.3 is 4.90 Å². The lowest BCUT2D eigenvalue weighted by Gasteiger charge is -2.20. The Labute approximate surface area is 203 Å². The Balaban J connectivity index is 1.36. The quantitative estimate of drug-likeness (QED) is 0.489. The summed E-state index contributed by atoms with van der Waals surface area (Å²) >= 11 is 0. The highest BCUT2D eigenvalue weighted by Gasteiger charge is 2.37. The van der Waals surface area contributed by atoms with Gasteiger partial charge in [0.1, 0.15) is 5.71 Å². The minimum Gasteiger partial charge on any atom is -0.372 e. The summed E-state index contributed by atoms with van der Waals surface area (Å²) in [6, 6.07) is 15.0. The Morgan fingerprint density at radius 1 is 0.971 bits per heavy atom. The van der Waals surface area contributed by atoms with Crippen LogP contribution in [0.3, 0.4) is 0 Å². The van der Waals surface area contributed by atoms with E-state index in [-0.39, 0.29) is 24.3 Å². The second-order valence-electron chi connectivity index (χ2n) is 8.69. The van der Waals surface area contributed by atoms with Crippen LogP contribution in [0.1, 0.15) is 66.0 Å². The maximum Gasteiger partial charge on any atom is 0.261 e. The molecule has 0 spiro atoms. The van der Waals surface area contributed by atoms with Gasteiger partial charge in [0.15, 0.2) is 5.82 Å². The number of hydrogen-bond donors (Lipinski definition) is 0. The molecule has 9 nitrogen and oxygen atoms in total. The van der Waals surface area contributed by atoms with Gasteiger partial charge >= 0.3 is 0 Å². The lowest BCUT2D eigenvalue weighted by molar-refractivity contribution is 0.0645. The monoisotopic (exact) mass is 469 g/mol. The molecule has 0 N–H and O–H groups in total. The molecule has 3 heterocycles. The molecule has 2 amide bonds. The van der Waals surface area contributed by atoms with E-state index in [1.807, 2.05) is 26.0 Å². The van der Waals surface area contributed by atoms with Crippen LogP contribution in [0.5, 0.6) is 0 Å². The third kappa shape index (κ3) is 3.92. The van der Waals surface area contributed by atoms with Crippen molar-refractivity contribution in [1.29, 1.82) is 0 Å². The number of anilines is 1. The van der Waals surface area contributed by atoms with Crippen molar-refractivity contribution in [2.45, 2.75) is 33.6 Å². The Morgan fingerprint density at radius 2 is 1.60 bits per heavy atom. The van der Waals surface area contributed by atoms with Crippen LogP contribution in [0.4, 0.5) is 11.4 Å². The molecule has 0 fully saturated rings. The lowest BCUT2D eigenvalue weighted by Crippen LogP contribution is -2.33. The molecule has 9 heteroatoms. The van der Waals surface area contributed by atoms with Crippen molar-refractivity contribution >= 4 is 34.6 Å². The van der Waals surface area contributed by atoms with Gasteiger partial charge in [0, 0.05) is 31.2 Å². The van der Waals surface area contributed by atoms with E-state index in [0.29, 0.717) is 28.5 Å². The zero-order chi connectivity index (χ0) is 24.7. The smallest absolute Gasteiger partial charge is 0.261 e. The van der Waals surface area contributed by atoms with Gasteiger partial charge in [0.25, 0.3) is 11.8 Å². The van der Waals surface area contributed by atoms with Crippen molar-refractivity contribution in [1.82, 2.24) is 19.8 Å². The molecule has 35 heavy (non-hydrogen) atoms. The summed E-state index contributed by atoms with van der Waals surface area (Å²) in [6.07, 6.45) is 0. The van der Waals surface area contributed by atoms with Gasteiger partial charge in [0.05, 0.1) is 22.5 Å². The van der Waals surface area contributed by atoms with Crippen molar-refractivity contribution in [3.63, 3.8) is 0 Å². The van der Waals surface area contributed by atoms with Crippen LogP contribution in [-0.4, -0.2) is 62.6 Å². The van der Waals surface area contributed by atoms with Gasteiger partial charge in [0.2, 0.25) is 5.82 Å². The van der Waals surface area contributed by atoms with E-state index in [0.717, 1.165) is 30.2 Å². The SMILES string of the molecule is CCN(CC)c1ccc(N=C2C(C)=Nn3nc(C(C)CN4C(=O)c5ccccc5C4=O)nc32)cc1. The van der Waals surface area contributed by atoms with Gasteiger partial charge in [-0.3, -0.25) is 14.5 Å². The van der Waals surface area contributed by atoms with E-state index in [2.05, 4.69) is 46.1 Å². The normalized spacial score (nSPS) is 16.5. The van der Waals surface area contributed by atoms with Crippen LogP contribution in [0.25, 0.3) is 0 Å². The maximum absolute atomic E-state index is 12.7. The molecule has 0 saturated carbocycles. The van der Waals surface area contributed by atoms with Crippen molar-refractivity contribution in [3.05, 3.63) is 71.3 Å². The van der Waals surface area contributed by atoms with Crippen LogP contribution in [-0.2, 0) is 0 Å². The molecule has 2 aromatic carbocycles. The first-order valence-corrected chi connectivity index (χ1v) is 11.8. The number of fused-ring (bicyclic) bond motifs is 2. The average Bonchev–Trinajstić information content (AvgIpc) is 3.48. The number of hydrogen-bond acceptors (Lipinski definition) is 7. The predicted octanol–water partition coefficient (Wildman–Crippen LogP) is 3.88. The fraction of sp³-hybridized carbons (Fsp3) is 0.308. The Bertz CT molecular complexity index is 1330. The zero-order valence-electron chi connectivity index (χ0n) is 20.3. The third-order valence-electron chi connectivity index (χ3n) is 6.40. The largest absolute Gasteiger partial charge is 0.372 e. The standard InChI is InChI=1S/C26H27N7O2/c1-5-31(6-2)19-13-11-18(12-14-19)27-22-17(4)29-33-24(22)28-23(30-33)16(3)15-32-25(34)20-9-7-8-10-21(20)26(32)35/h7-14,16H,5-6,15H2,1-4H3. The summed E-state index contributed by atoms with van der Waals surface area (Å²) in [6.45, 7) is 10.1. The summed E-state index contributed by atoms with van der Waals surface area (Å²) in [7, 11) is 0. The average molecular weight is 470 g/mol. The van der Waals surface area contributed by atoms with E-state index in [1.54, 1.807) is 24.3 Å². The first-order chi connectivity index (χ1) is 16.9. The van der Waals surface area contributed by atoms with Crippen molar-refractivity contribution < 1.29 is 9.59 Å². The molecule has 5 rings (SSSR count). The zero-order valence-corrected chi connectivity index (χ0v) is 20.3. The molecular formula is C26H27N7O2. The van der Waals surface area contributed by atoms with E-state index in [4.69, 9.17) is 4.99 Å². The van der Waals surface area contributed by atoms with E-state index in [9.17, 15) is 9.59 Å². The van der Waals surface area contributed by atoms with E-state index in [1.165, 1.54) is 9.69 Å². The van der Waals surface area contributed by atoms with Gasteiger partial charge in [-0.2, -0.15) is 5.10 Å². The summed E-state index contributed by atoms with van der Waals surface area (Å²) in [5, 5.41) is 8.99. The van der Waals surface area contributed by atoms with Crippen LogP contribution >= 0.6 is 0 Å². The van der Waals surface area contributed by atoms with Gasteiger partial charge in [-0.05, 0) is 57.2 Å². The van der Waals surface area contributed by atoms with Crippen LogP contribution in [0, 0.1) is 0 Å². The number of aromatic nitrogens is 3. The molecule has 2 aliphatic rings. The van der Waals surface area contributed by atoms with Gasteiger partial charge in [-0.1, -0.05) is 19.1 Å². The van der Waals surface area contributed by atoms with Crippen LogP contribution in [0.2, 0.25) is 0 Å². The number of nitrogens with zero attached hydrogens (tertiary/aromatic N) is 7. The number of imide groups is 1. The number of carbonyl (C=O) groups is 2. The summed E-state index contributed by atoms with van der Waals surface area (Å²) in [4.78, 5) is 39.9. The fourth-order valence-corrected chi connectivity index (χ4v) is 4.44. The van der Waals surface area contributed by atoms with Gasteiger partial charge in [-0.25, -0.2) is 9.98 Å². The molecule has 0 aliphatic carbocycles. The van der Waals surface area contributed by atoms with Crippen LogP contribution < -0.4 is 4.90 Å². The van der Waals surface area contributed by atoms with E-state index < -0.39 is 0 Å². The van der Waals surface area contributed by atoms with Gasteiger partial charge in [-0.15, -0.1) is 9.89 Å². The molecule has 1 aromatic heterocycles. The predicted molar refractivity (Wildman–Crippen MR) is 135 cm³/mol. The summed E-state index contributed by atoms with van der Waals surface area (Å²) < 4.78 is 0. The van der Waals surface area contributed by atoms with Crippen molar-refractivity contribution in [3.8, 4) is 0 Å². The Kier molecular flexibility index (Phi) is 5.76. The number of rotatable bonds is 7. The Morgan fingerprint density at radius 3 is 2.20 bits per heavy atom. The molecule has 1 unspecified atom stereocenters. The number of amides is 2. The van der Waals surface area contributed by atoms with Crippen LogP contribution in [0.15, 0.2) is 58.6 Å². The van der Waals surface area contributed by atoms with E-state index >= 15 is 0 Å². The molecule has 0 bridgehead atoms. The number of carbonyl (C=O) groups excluding carboxylic acids is 2. The minimum absolute atomic E-state index is 0.192. The van der Waals surface area contributed by atoms with Crippen molar-refractivity contribution in [2.24, 2.45) is 10.1 Å². The fourth-order valence-electron chi connectivity index (χ4n) is 4.44. The van der Waals surface area contributed by atoms with Crippen molar-refractivity contribution in [2.75, 3.05) is 24.5 Å². The second-order valence-corrected chi connectivity index (χ2v) is 8.69. The first-order valence-electron chi connectivity index (χ1n) is 11.8. The highest BCUT2D eigenvalue weighted by molar-refractivity contribution is 6.48. The summed E-state index contributed by atoms with van der Waals surface area (Å²) in [5.41, 5.74) is 4.23. The molecule has 0 saturated heterocycles. The minimum atomic E-state index is -0.284. The molecule has 178 valence electrons. The molecule has 2 aliphatic heterocycles. The molecular weight excluding hydrogens is 442 g/mol. The third-order valence-corrected chi connectivity index (χ3v) is 6.40. The molecule has 3 aromatic rings. The number of benzene rings is 2. The first kappa shape index (κ1) is 22.6. The topological polar surface area (TPSA) is 96.0 Å². The Hall–Kier alpha value is -4.14. The summed E-state index contributed by atoms with van der Waals surface area (Å²) in [5.74, 6) is 0.235. The second kappa shape index (κ2) is 8.90. The molecule has 0 radical (unpaired) electrons. The lowest BCUT2D eigenvalue weighted by atomic mass is 10.1. The highest BCUT2D eigenvalue weighted by Crippen LogP contribution is 2.26.